The second-order valence-corrected chi connectivity index (χ2v) is 12.4. The van der Waals surface area contributed by atoms with Gasteiger partial charge in [-0.05, 0) is 31.7 Å². The van der Waals surface area contributed by atoms with Crippen LogP contribution in [0.25, 0.3) is 21.9 Å². The summed E-state index contributed by atoms with van der Waals surface area (Å²) in [4.78, 5) is 12.6. The van der Waals surface area contributed by atoms with Gasteiger partial charge in [0.1, 0.15) is 23.4 Å². The minimum Gasteiger partial charge on any atom is -0.479 e. The van der Waals surface area contributed by atoms with Gasteiger partial charge in [-0.3, -0.25) is 9.09 Å². The first-order chi connectivity index (χ1) is 21.1. The predicted octanol–water partition coefficient (Wildman–Crippen LogP) is 3.97. The topological polar surface area (TPSA) is 189 Å². The minimum atomic E-state index is -4.09. The number of aromatic nitrogens is 4. The summed E-state index contributed by atoms with van der Waals surface area (Å²) < 4.78 is 44.9. The molecule has 0 spiro atoms. The molecule has 1 aliphatic heterocycles. The molecule has 14 nitrogen and oxygen atoms in total. The van der Waals surface area contributed by atoms with E-state index >= 15 is 0 Å². The molecule has 2 aromatic heterocycles. The number of nitrogens with two attached hydrogens (primary N) is 1. The van der Waals surface area contributed by atoms with Crippen LogP contribution in [-0.4, -0.2) is 69.8 Å². The van der Waals surface area contributed by atoms with E-state index in [0.717, 1.165) is 17.2 Å². The molecule has 6 atom stereocenters. The van der Waals surface area contributed by atoms with Gasteiger partial charge < -0.3 is 29.6 Å². The molecule has 1 saturated heterocycles. The fraction of sp³-hybridized carbons (Fsp3) is 0.448. The van der Waals surface area contributed by atoms with Crippen molar-refractivity contribution in [2.75, 3.05) is 32.7 Å². The van der Waals surface area contributed by atoms with Crippen molar-refractivity contribution in [1.29, 1.82) is 5.26 Å². The Kier molecular flexibility index (Phi) is 9.36. The highest BCUT2D eigenvalue weighted by Gasteiger charge is 2.55. The Labute approximate surface area is 254 Å². The molecule has 1 aliphatic rings. The molecule has 4 N–H and O–H groups in total. The van der Waals surface area contributed by atoms with E-state index in [-0.39, 0.29) is 30.7 Å². The number of imidazole rings is 1. The highest BCUT2D eigenvalue weighted by atomic mass is 31.2. The number of hydrogen-bond donors (Lipinski definition) is 3. The van der Waals surface area contributed by atoms with E-state index in [4.69, 9.17) is 29.0 Å². The highest BCUT2D eigenvalue weighted by Crippen LogP contribution is 2.50. The Morgan fingerprint density at radius 1 is 1.27 bits per heavy atom. The van der Waals surface area contributed by atoms with Gasteiger partial charge in [0, 0.05) is 18.0 Å². The Bertz CT molecular complexity index is 1710. The fourth-order valence-corrected chi connectivity index (χ4v) is 6.67. The molecule has 1 fully saturated rings. The van der Waals surface area contributed by atoms with Crippen molar-refractivity contribution in [1.82, 2.24) is 24.6 Å². The van der Waals surface area contributed by atoms with E-state index in [9.17, 15) is 14.9 Å². The summed E-state index contributed by atoms with van der Waals surface area (Å²) in [6, 6.07) is 14.7. The molecular weight excluding hydrogens is 589 g/mol. The summed E-state index contributed by atoms with van der Waals surface area (Å²) in [6.45, 7) is 5.78. The third-order valence-corrected chi connectivity index (χ3v) is 9.03. The molecule has 0 bridgehead atoms. The number of hydrogen-bond acceptors (Lipinski definition) is 12. The number of nitrogens with zero attached hydrogens (tertiary/aromatic N) is 5. The van der Waals surface area contributed by atoms with Crippen LogP contribution < -0.4 is 20.1 Å². The standard InChI is InChI=1S/C29H36N7O7P/c1-5-13-40-14-18(2)35-44(38,43-21-12-8-10-19-9-6-7-11-20(19)21)41-15-22-24(37)29(3,16-30)27(42-22)36-17-32-23-25(36)33-28(31)34-26(23)39-4/h6-12,17-18,22,24,27,37H,5,13-15H2,1-4H3,(H,35,38)(H2,31,33,34). The van der Waals surface area contributed by atoms with Crippen LogP contribution in [0.3, 0.4) is 0 Å². The number of rotatable bonds is 13. The number of aliphatic hydroxyl groups excluding tert-OH is 1. The number of aliphatic hydroxyl groups is 1. The Morgan fingerprint density at radius 3 is 2.80 bits per heavy atom. The molecule has 15 heteroatoms. The van der Waals surface area contributed by atoms with E-state index in [1.165, 1.54) is 18.0 Å². The average Bonchev–Trinajstić information content (AvgIpc) is 3.54. The van der Waals surface area contributed by atoms with Crippen LogP contribution in [0.4, 0.5) is 5.95 Å². The molecule has 0 aliphatic carbocycles. The smallest absolute Gasteiger partial charge is 0.459 e. The van der Waals surface area contributed by atoms with Gasteiger partial charge in [-0.15, -0.1) is 0 Å². The molecule has 44 heavy (non-hydrogen) atoms. The SMILES string of the molecule is CCCOCC(C)NP(=O)(OCC1OC(n2cnc3c(OC)nc(N)nc32)C(C)(C#N)C1O)Oc1cccc2ccccc12. The van der Waals surface area contributed by atoms with Gasteiger partial charge in [-0.1, -0.05) is 43.3 Å². The summed E-state index contributed by atoms with van der Waals surface area (Å²) >= 11 is 0. The first kappa shape index (κ1) is 31.6. The van der Waals surface area contributed by atoms with Crippen molar-refractivity contribution in [3.05, 3.63) is 48.8 Å². The van der Waals surface area contributed by atoms with Crippen LogP contribution in [0.2, 0.25) is 0 Å². The highest BCUT2D eigenvalue weighted by molar-refractivity contribution is 7.52. The zero-order valence-electron chi connectivity index (χ0n) is 24.9. The number of benzene rings is 2. The Balaban J connectivity index is 1.42. The van der Waals surface area contributed by atoms with E-state index in [1.54, 1.807) is 26.0 Å². The van der Waals surface area contributed by atoms with Gasteiger partial charge in [-0.2, -0.15) is 15.2 Å². The van der Waals surface area contributed by atoms with Crippen molar-refractivity contribution < 1.29 is 32.9 Å². The summed E-state index contributed by atoms with van der Waals surface area (Å²) in [5, 5.41) is 26.1. The maximum absolute atomic E-state index is 14.3. The first-order valence-corrected chi connectivity index (χ1v) is 15.7. The van der Waals surface area contributed by atoms with Crippen molar-refractivity contribution in [2.45, 2.75) is 51.7 Å². The van der Waals surface area contributed by atoms with Gasteiger partial charge in [0.2, 0.25) is 11.8 Å². The number of fused-ring (bicyclic) bond motifs is 2. The van der Waals surface area contributed by atoms with E-state index in [2.05, 4.69) is 26.1 Å². The third kappa shape index (κ3) is 6.21. The molecule has 234 valence electrons. The predicted molar refractivity (Wildman–Crippen MR) is 162 cm³/mol. The van der Waals surface area contributed by atoms with E-state index in [1.807, 2.05) is 37.3 Å². The summed E-state index contributed by atoms with van der Waals surface area (Å²) in [5.41, 5.74) is 4.95. The number of nitrogens with one attached hydrogen (secondary N) is 1. The lowest BCUT2D eigenvalue weighted by Crippen LogP contribution is -2.38. The van der Waals surface area contributed by atoms with Crippen molar-refractivity contribution in [3.63, 3.8) is 0 Å². The lowest BCUT2D eigenvalue weighted by Gasteiger charge is -2.26. The van der Waals surface area contributed by atoms with Crippen LogP contribution in [-0.2, 0) is 18.6 Å². The van der Waals surface area contributed by atoms with Gasteiger partial charge in [0.25, 0.3) is 0 Å². The van der Waals surface area contributed by atoms with Crippen molar-refractivity contribution in [3.8, 4) is 17.7 Å². The largest absolute Gasteiger partial charge is 0.479 e. The second-order valence-electron chi connectivity index (χ2n) is 10.7. The summed E-state index contributed by atoms with van der Waals surface area (Å²) in [7, 11) is -2.67. The maximum Gasteiger partial charge on any atom is 0.459 e. The molecule has 2 aromatic carbocycles. The zero-order valence-corrected chi connectivity index (χ0v) is 25.8. The number of anilines is 1. The zero-order chi connectivity index (χ0) is 31.5. The molecule has 5 rings (SSSR count). The fourth-order valence-electron chi connectivity index (χ4n) is 5.12. The summed E-state index contributed by atoms with van der Waals surface area (Å²) in [5.74, 6) is 0.435. The number of nitriles is 1. The number of ether oxygens (including phenoxy) is 3. The monoisotopic (exact) mass is 625 g/mol. The molecule has 0 amide bonds. The maximum atomic E-state index is 14.3. The Hall–Kier alpha value is -3.83. The number of methoxy groups -OCH3 is 1. The van der Waals surface area contributed by atoms with E-state index in [0.29, 0.717) is 17.9 Å². The Morgan fingerprint density at radius 2 is 2.05 bits per heavy atom. The lowest BCUT2D eigenvalue weighted by molar-refractivity contribution is -0.0440. The molecule has 4 aromatic rings. The van der Waals surface area contributed by atoms with Crippen LogP contribution in [0.1, 0.15) is 33.4 Å². The number of nitrogen functional groups attached to an aromatic ring is 1. The molecule has 0 radical (unpaired) electrons. The third-order valence-electron chi connectivity index (χ3n) is 7.35. The van der Waals surface area contributed by atoms with Crippen molar-refractivity contribution in [2.24, 2.45) is 5.41 Å². The van der Waals surface area contributed by atoms with Crippen LogP contribution in [0.5, 0.6) is 11.6 Å². The van der Waals surface area contributed by atoms with Gasteiger partial charge in [0.05, 0.1) is 32.7 Å². The summed E-state index contributed by atoms with van der Waals surface area (Å²) in [6.07, 6.45) is -1.26. The average molecular weight is 626 g/mol. The van der Waals surface area contributed by atoms with Crippen molar-refractivity contribution >= 4 is 35.6 Å². The van der Waals surface area contributed by atoms with Gasteiger partial charge in [-0.25, -0.2) is 14.6 Å². The van der Waals surface area contributed by atoms with Crippen LogP contribution in [0.15, 0.2) is 48.8 Å². The molecular formula is C29H36N7O7P. The van der Waals surface area contributed by atoms with Gasteiger partial charge >= 0.3 is 7.75 Å². The second kappa shape index (κ2) is 13.0. The van der Waals surface area contributed by atoms with Crippen LogP contribution in [0, 0.1) is 16.7 Å². The van der Waals surface area contributed by atoms with Gasteiger partial charge in [0.15, 0.2) is 17.4 Å². The lowest BCUT2D eigenvalue weighted by atomic mass is 9.84. The quantitative estimate of drug-likeness (QED) is 0.143. The molecule has 6 unspecified atom stereocenters. The van der Waals surface area contributed by atoms with E-state index < -0.39 is 37.6 Å². The first-order valence-electron chi connectivity index (χ1n) is 14.2. The minimum absolute atomic E-state index is 0.0668. The van der Waals surface area contributed by atoms with Crippen LogP contribution >= 0.6 is 7.75 Å². The molecule has 3 heterocycles. The normalized spacial score (nSPS) is 23.8. The molecule has 0 saturated carbocycles.